The minimum Gasteiger partial charge on any atom is -0.379 e. The van der Waals surface area contributed by atoms with Crippen LogP contribution < -0.4 is 0 Å². The number of nitrogens with zero attached hydrogens (tertiary/aromatic N) is 3. The average Bonchev–Trinajstić information content (AvgIpc) is 3.18. The zero-order valence-corrected chi connectivity index (χ0v) is 18.2. The fraction of sp³-hybridized carbons (Fsp3) is 0.370. The van der Waals surface area contributed by atoms with Crippen molar-refractivity contribution in [3.8, 4) is 0 Å². The van der Waals surface area contributed by atoms with Gasteiger partial charge in [0.05, 0.1) is 18.9 Å². The third-order valence-electron chi connectivity index (χ3n) is 7.18. The molecule has 1 fully saturated rings. The van der Waals surface area contributed by atoms with E-state index in [1.54, 1.807) is 0 Å². The summed E-state index contributed by atoms with van der Waals surface area (Å²) < 4.78 is 7.62. The summed E-state index contributed by atoms with van der Waals surface area (Å²) in [7, 11) is 2.11. The fourth-order valence-corrected chi connectivity index (χ4v) is 5.65. The Balaban J connectivity index is 1.39. The molecule has 1 aromatic heterocycles. The molecule has 2 heterocycles. The van der Waals surface area contributed by atoms with Crippen LogP contribution in [0.2, 0.25) is 0 Å². The van der Waals surface area contributed by atoms with E-state index in [2.05, 4.69) is 71.2 Å². The molecule has 0 N–H and O–H groups in total. The van der Waals surface area contributed by atoms with Gasteiger partial charge in [-0.3, -0.25) is 9.58 Å². The standard InChI is InChI=1S/C27H29N3O/c1-29-27(17-20(28-29)18-30-13-15-31-16-14-30)26-8-4-7-22-24-10-9-19-5-2-3-6-21(19)23(24)11-12-25(22)26/h2-3,5-6,9-12,17,26H,4,7-8,13-16,18H2,1H3. The highest BCUT2D eigenvalue weighted by atomic mass is 16.5. The molecule has 3 aromatic carbocycles. The van der Waals surface area contributed by atoms with Crippen molar-refractivity contribution < 1.29 is 4.74 Å². The van der Waals surface area contributed by atoms with Gasteiger partial charge >= 0.3 is 0 Å². The van der Waals surface area contributed by atoms with Gasteiger partial charge in [0.1, 0.15) is 0 Å². The van der Waals surface area contributed by atoms with Gasteiger partial charge in [-0.2, -0.15) is 5.10 Å². The van der Waals surface area contributed by atoms with Crippen LogP contribution in [0.15, 0.2) is 54.6 Å². The van der Waals surface area contributed by atoms with Gasteiger partial charge < -0.3 is 4.74 Å². The number of fused-ring (bicyclic) bond motifs is 5. The Bertz CT molecular complexity index is 1250. The molecule has 31 heavy (non-hydrogen) atoms. The van der Waals surface area contributed by atoms with Crippen molar-refractivity contribution in [1.82, 2.24) is 14.7 Å². The monoisotopic (exact) mass is 411 g/mol. The van der Waals surface area contributed by atoms with Crippen molar-refractivity contribution >= 4 is 21.5 Å². The summed E-state index contributed by atoms with van der Waals surface area (Å²) in [6, 6.07) is 20.4. The third kappa shape index (κ3) is 3.35. The highest BCUT2D eigenvalue weighted by Crippen LogP contribution is 2.41. The summed E-state index contributed by atoms with van der Waals surface area (Å²) in [5, 5.41) is 10.4. The molecule has 1 atom stereocenters. The van der Waals surface area contributed by atoms with Gasteiger partial charge in [-0.1, -0.05) is 48.5 Å². The molecule has 2 aliphatic rings. The second-order valence-electron chi connectivity index (χ2n) is 9.03. The van der Waals surface area contributed by atoms with E-state index in [0.29, 0.717) is 5.92 Å². The second-order valence-corrected chi connectivity index (χ2v) is 9.03. The minimum absolute atomic E-state index is 0.426. The lowest BCUT2D eigenvalue weighted by Crippen LogP contribution is -2.35. The van der Waals surface area contributed by atoms with Crippen LogP contribution >= 0.6 is 0 Å². The van der Waals surface area contributed by atoms with E-state index in [0.717, 1.165) is 32.8 Å². The number of hydrogen-bond donors (Lipinski definition) is 0. The van der Waals surface area contributed by atoms with Crippen LogP contribution in [0.1, 0.15) is 41.3 Å². The first-order valence-corrected chi connectivity index (χ1v) is 11.5. The first-order chi connectivity index (χ1) is 15.3. The average molecular weight is 412 g/mol. The van der Waals surface area contributed by atoms with Gasteiger partial charge in [-0.15, -0.1) is 0 Å². The van der Waals surface area contributed by atoms with Gasteiger partial charge in [-0.05, 0) is 58.0 Å². The van der Waals surface area contributed by atoms with Gasteiger partial charge in [0, 0.05) is 38.3 Å². The van der Waals surface area contributed by atoms with E-state index in [9.17, 15) is 0 Å². The molecule has 1 unspecified atom stereocenters. The van der Waals surface area contributed by atoms with Crippen LogP contribution in [0.25, 0.3) is 21.5 Å². The lowest BCUT2D eigenvalue weighted by molar-refractivity contribution is 0.0336. The van der Waals surface area contributed by atoms with Crippen LogP contribution in [-0.4, -0.2) is 41.0 Å². The molecule has 0 spiro atoms. The first kappa shape index (κ1) is 19.0. The van der Waals surface area contributed by atoms with E-state index < -0.39 is 0 Å². The van der Waals surface area contributed by atoms with Gasteiger partial charge in [0.2, 0.25) is 0 Å². The smallest absolute Gasteiger partial charge is 0.0767 e. The number of aromatic nitrogens is 2. The van der Waals surface area contributed by atoms with E-state index >= 15 is 0 Å². The summed E-state index contributed by atoms with van der Waals surface area (Å²) in [5.74, 6) is 0.426. The highest BCUT2D eigenvalue weighted by Gasteiger charge is 2.26. The predicted molar refractivity (Wildman–Crippen MR) is 126 cm³/mol. The predicted octanol–water partition coefficient (Wildman–Crippen LogP) is 5.03. The van der Waals surface area contributed by atoms with Crippen molar-refractivity contribution in [2.45, 2.75) is 31.7 Å². The quantitative estimate of drug-likeness (QED) is 0.443. The Morgan fingerprint density at radius 2 is 1.81 bits per heavy atom. The molecule has 0 bridgehead atoms. The second kappa shape index (κ2) is 7.77. The molecule has 158 valence electrons. The Morgan fingerprint density at radius 1 is 0.968 bits per heavy atom. The summed E-state index contributed by atoms with van der Waals surface area (Å²) >= 11 is 0. The maximum absolute atomic E-state index is 5.50. The van der Waals surface area contributed by atoms with Crippen molar-refractivity contribution in [2.75, 3.05) is 26.3 Å². The number of morpholine rings is 1. The summed E-state index contributed by atoms with van der Waals surface area (Å²) in [4.78, 5) is 2.45. The lowest BCUT2D eigenvalue weighted by atomic mass is 9.78. The van der Waals surface area contributed by atoms with E-state index in [1.165, 1.54) is 63.3 Å². The zero-order valence-electron chi connectivity index (χ0n) is 18.2. The number of aryl methyl sites for hydroxylation is 2. The van der Waals surface area contributed by atoms with Gasteiger partial charge in [-0.25, -0.2) is 0 Å². The summed E-state index contributed by atoms with van der Waals surface area (Å²) in [6.07, 6.45) is 3.59. The zero-order chi connectivity index (χ0) is 20.8. The largest absolute Gasteiger partial charge is 0.379 e. The molecule has 4 nitrogen and oxygen atoms in total. The Kier molecular flexibility index (Phi) is 4.77. The number of ether oxygens (including phenoxy) is 1. The van der Waals surface area contributed by atoms with Gasteiger partial charge in [0.25, 0.3) is 0 Å². The maximum atomic E-state index is 5.50. The molecule has 0 saturated carbocycles. The summed E-state index contributed by atoms with van der Waals surface area (Å²) in [6.45, 7) is 4.58. The molecule has 0 amide bonds. The molecule has 1 saturated heterocycles. The third-order valence-corrected chi connectivity index (χ3v) is 7.18. The van der Waals surface area contributed by atoms with Crippen molar-refractivity contribution in [3.63, 3.8) is 0 Å². The Morgan fingerprint density at radius 3 is 2.71 bits per heavy atom. The van der Waals surface area contributed by atoms with Crippen LogP contribution in [0, 0.1) is 0 Å². The van der Waals surface area contributed by atoms with Gasteiger partial charge in [0.15, 0.2) is 0 Å². The van der Waals surface area contributed by atoms with Crippen molar-refractivity contribution in [1.29, 1.82) is 0 Å². The number of benzene rings is 3. The molecular weight excluding hydrogens is 382 g/mol. The molecule has 6 rings (SSSR count). The van der Waals surface area contributed by atoms with Crippen molar-refractivity contribution in [3.05, 3.63) is 77.1 Å². The van der Waals surface area contributed by atoms with Crippen LogP contribution in [-0.2, 0) is 24.8 Å². The van der Waals surface area contributed by atoms with E-state index in [1.807, 2.05) is 0 Å². The molecular formula is C27H29N3O. The van der Waals surface area contributed by atoms with Crippen LogP contribution in [0.5, 0.6) is 0 Å². The minimum atomic E-state index is 0.426. The SMILES string of the molecule is Cn1nc(CN2CCOCC2)cc1C1CCCc2c1ccc1c2ccc2ccccc21. The lowest BCUT2D eigenvalue weighted by Gasteiger charge is -2.27. The molecule has 1 aliphatic carbocycles. The molecule has 1 aliphatic heterocycles. The Labute approximate surface area is 183 Å². The molecule has 4 heteroatoms. The normalized spacial score (nSPS) is 19.7. The van der Waals surface area contributed by atoms with Crippen molar-refractivity contribution in [2.24, 2.45) is 7.05 Å². The summed E-state index contributed by atoms with van der Waals surface area (Å²) in [5.41, 5.74) is 5.56. The fourth-order valence-electron chi connectivity index (χ4n) is 5.65. The number of rotatable bonds is 3. The Hall–Kier alpha value is -2.69. The molecule has 0 radical (unpaired) electrons. The highest BCUT2D eigenvalue weighted by molar-refractivity contribution is 6.08. The number of hydrogen-bond acceptors (Lipinski definition) is 3. The van der Waals surface area contributed by atoms with E-state index in [4.69, 9.17) is 9.84 Å². The van der Waals surface area contributed by atoms with Crippen LogP contribution in [0.4, 0.5) is 0 Å². The topological polar surface area (TPSA) is 30.3 Å². The molecule has 4 aromatic rings. The van der Waals surface area contributed by atoms with Crippen LogP contribution in [0.3, 0.4) is 0 Å². The maximum Gasteiger partial charge on any atom is 0.0767 e. The van der Waals surface area contributed by atoms with E-state index in [-0.39, 0.29) is 0 Å². The first-order valence-electron chi connectivity index (χ1n) is 11.5.